The van der Waals surface area contributed by atoms with Gasteiger partial charge in [-0.1, -0.05) is 19.4 Å². The highest BCUT2D eigenvalue weighted by Crippen LogP contribution is 2.25. The van der Waals surface area contributed by atoms with Crippen molar-refractivity contribution in [2.24, 2.45) is 5.92 Å². The van der Waals surface area contributed by atoms with Gasteiger partial charge in [-0.3, -0.25) is 0 Å². The first-order chi connectivity index (χ1) is 10.0. The molecule has 21 heavy (non-hydrogen) atoms. The van der Waals surface area contributed by atoms with Crippen LogP contribution in [0.2, 0.25) is 0 Å². The zero-order valence-corrected chi connectivity index (χ0v) is 12.9. The van der Waals surface area contributed by atoms with Crippen molar-refractivity contribution in [1.29, 1.82) is 0 Å². The fourth-order valence-corrected chi connectivity index (χ4v) is 2.78. The van der Waals surface area contributed by atoms with Crippen LogP contribution in [-0.4, -0.2) is 31.1 Å². The Hall–Kier alpha value is -1.78. The number of ether oxygens (including phenoxy) is 1. The first-order valence-electron chi connectivity index (χ1n) is 7.35. The van der Waals surface area contributed by atoms with E-state index in [9.17, 15) is 9.18 Å². The molecule has 0 aliphatic heterocycles. The van der Waals surface area contributed by atoms with Crippen LogP contribution in [0.3, 0.4) is 0 Å². The van der Waals surface area contributed by atoms with Crippen LogP contribution in [0.5, 0.6) is 5.75 Å². The van der Waals surface area contributed by atoms with Crippen molar-refractivity contribution in [3.63, 3.8) is 0 Å². The van der Waals surface area contributed by atoms with Gasteiger partial charge in [-0.25, -0.2) is 9.18 Å². The molecule has 1 aliphatic rings. The summed E-state index contributed by atoms with van der Waals surface area (Å²) in [5.41, 5.74) is 0.741. The predicted molar refractivity (Wildman–Crippen MR) is 79.8 cm³/mol. The Balaban J connectivity index is 1.92. The summed E-state index contributed by atoms with van der Waals surface area (Å²) in [6.45, 7) is 2.53. The minimum Gasteiger partial charge on any atom is -0.494 e. The van der Waals surface area contributed by atoms with Gasteiger partial charge in [-0.05, 0) is 36.5 Å². The molecule has 0 heterocycles. The largest absolute Gasteiger partial charge is 0.494 e. The van der Waals surface area contributed by atoms with E-state index in [1.165, 1.54) is 26.0 Å². The highest BCUT2D eigenvalue weighted by Gasteiger charge is 2.25. The number of amides is 2. The lowest BCUT2D eigenvalue weighted by molar-refractivity contribution is 0.200. The summed E-state index contributed by atoms with van der Waals surface area (Å²) < 4.78 is 18.5. The van der Waals surface area contributed by atoms with Crippen LogP contribution in [-0.2, 0) is 6.54 Å². The minimum absolute atomic E-state index is 0.107. The molecular formula is C16H23FN2O2. The van der Waals surface area contributed by atoms with Gasteiger partial charge in [0.2, 0.25) is 0 Å². The molecule has 0 bridgehead atoms. The third-order valence-corrected chi connectivity index (χ3v) is 4.15. The van der Waals surface area contributed by atoms with Gasteiger partial charge in [0.25, 0.3) is 0 Å². The molecular weight excluding hydrogens is 271 g/mol. The molecule has 1 aliphatic carbocycles. The van der Waals surface area contributed by atoms with E-state index in [0.717, 1.165) is 12.0 Å². The summed E-state index contributed by atoms with van der Waals surface area (Å²) in [5, 5.41) is 3.05. The minimum atomic E-state index is -0.409. The average molecular weight is 294 g/mol. The second kappa shape index (κ2) is 6.78. The molecule has 2 unspecified atom stereocenters. The zero-order valence-electron chi connectivity index (χ0n) is 12.9. The molecule has 5 heteroatoms. The smallest absolute Gasteiger partial charge is 0.317 e. The Labute approximate surface area is 125 Å². The van der Waals surface area contributed by atoms with Gasteiger partial charge in [0, 0.05) is 19.6 Å². The van der Waals surface area contributed by atoms with Gasteiger partial charge < -0.3 is 15.0 Å². The molecule has 116 valence electrons. The molecule has 0 radical (unpaired) electrons. The van der Waals surface area contributed by atoms with Crippen molar-refractivity contribution in [2.75, 3.05) is 14.2 Å². The number of nitrogens with zero attached hydrogens (tertiary/aromatic N) is 1. The van der Waals surface area contributed by atoms with E-state index in [-0.39, 0.29) is 17.8 Å². The van der Waals surface area contributed by atoms with E-state index in [4.69, 9.17) is 4.74 Å². The molecule has 0 saturated heterocycles. The Morgan fingerprint density at radius 1 is 1.48 bits per heavy atom. The van der Waals surface area contributed by atoms with E-state index in [1.807, 2.05) is 0 Å². The van der Waals surface area contributed by atoms with Crippen molar-refractivity contribution >= 4 is 6.03 Å². The third kappa shape index (κ3) is 3.86. The van der Waals surface area contributed by atoms with Gasteiger partial charge >= 0.3 is 6.03 Å². The number of carbonyl (C=O) groups is 1. The molecule has 1 aromatic carbocycles. The molecule has 1 N–H and O–H groups in total. The quantitative estimate of drug-likeness (QED) is 0.926. The molecule has 0 spiro atoms. The summed E-state index contributed by atoms with van der Waals surface area (Å²) in [6.07, 6.45) is 3.37. The maximum absolute atomic E-state index is 13.6. The van der Waals surface area contributed by atoms with E-state index in [0.29, 0.717) is 12.5 Å². The summed E-state index contributed by atoms with van der Waals surface area (Å²) in [7, 11) is 3.15. The number of carbonyl (C=O) groups excluding carboxylic acids is 1. The summed E-state index contributed by atoms with van der Waals surface area (Å²) in [5.74, 6) is 0.333. The summed E-state index contributed by atoms with van der Waals surface area (Å²) in [6, 6.07) is 4.90. The number of hydrogen-bond acceptors (Lipinski definition) is 2. The maximum Gasteiger partial charge on any atom is 0.317 e. The van der Waals surface area contributed by atoms with Crippen molar-refractivity contribution < 1.29 is 13.9 Å². The van der Waals surface area contributed by atoms with Crippen molar-refractivity contribution in [3.8, 4) is 5.75 Å². The predicted octanol–water partition coefficient (Wildman–Crippen LogP) is 3.16. The van der Waals surface area contributed by atoms with Crippen LogP contribution >= 0.6 is 0 Å². The summed E-state index contributed by atoms with van der Waals surface area (Å²) in [4.78, 5) is 13.7. The SMILES string of the molecule is COc1ccc(CN(C)C(=O)NC2CCCC2C)cc1F. The van der Waals surface area contributed by atoms with Crippen LogP contribution in [0.25, 0.3) is 0 Å². The highest BCUT2D eigenvalue weighted by molar-refractivity contribution is 5.74. The third-order valence-electron chi connectivity index (χ3n) is 4.15. The fraction of sp³-hybridized carbons (Fsp3) is 0.562. The molecule has 4 nitrogen and oxygen atoms in total. The van der Waals surface area contributed by atoms with Crippen LogP contribution in [0.4, 0.5) is 9.18 Å². The van der Waals surface area contributed by atoms with Gasteiger partial charge in [-0.15, -0.1) is 0 Å². The van der Waals surface area contributed by atoms with Gasteiger partial charge in [-0.2, -0.15) is 0 Å². The Bertz CT molecular complexity index is 507. The number of hydrogen-bond donors (Lipinski definition) is 1. The van der Waals surface area contributed by atoms with Crippen molar-refractivity contribution in [1.82, 2.24) is 10.2 Å². The lowest BCUT2D eigenvalue weighted by Gasteiger charge is -2.23. The van der Waals surface area contributed by atoms with Crippen LogP contribution in [0.1, 0.15) is 31.7 Å². The van der Waals surface area contributed by atoms with E-state index in [2.05, 4.69) is 12.2 Å². The lowest BCUT2D eigenvalue weighted by Crippen LogP contribution is -2.43. The number of methoxy groups -OCH3 is 1. The highest BCUT2D eigenvalue weighted by atomic mass is 19.1. The van der Waals surface area contributed by atoms with Gasteiger partial charge in [0.1, 0.15) is 0 Å². The van der Waals surface area contributed by atoms with Gasteiger partial charge in [0.05, 0.1) is 7.11 Å². The second-order valence-electron chi connectivity index (χ2n) is 5.79. The van der Waals surface area contributed by atoms with Crippen LogP contribution < -0.4 is 10.1 Å². The average Bonchev–Trinajstić information content (AvgIpc) is 2.84. The molecule has 2 rings (SSSR count). The Morgan fingerprint density at radius 3 is 2.81 bits per heavy atom. The van der Waals surface area contributed by atoms with Crippen molar-refractivity contribution in [3.05, 3.63) is 29.6 Å². The number of benzene rings is 1. The lowest BCUT2D eigenvalue weighted by atomic mass is 10.1. The Kier molecular flexibility index (Phi) is 5.04. The number of urea groups is 1. The first kappa shape index (κ1) is 15.6. The molecule has 2 amide bonds. The zero-order chi connectivity index (χ0) is 15.4. The van der Waals surface area contributed by atoms with Crippen LogP contribution in [0, 0.1) is 11.7 Å². The maximum atomic E-state index is 13.6. The number of rotatable bonds is 4. The first-order valence-corrected chi connectivity index (χ1v) is 7.35. The van der Waals surface area contributed by atoms with Crippen molar-refractivity contribution in [2.45, 2.75) is 38.8 Å². The molecule has 2 atom stereocenters. The van der Waals surface area contributed by atoms with E-state index < -0.39 is 5.82 Å². The van der Waals surface area contributed by atoms with E-state index >= 15 is 0 Å². The number of nitrogens with one attached hydrogen (secondary N) is 1. The molecule has 0 aromatic heterocycles. The topological polar surface area (TPSA) is 41.6 Å². The molecule has 1 fully saturated rings. The molecule has 1 saturated carbocycles. The van der Waals surface area contributed by atoms with Crippen LogP contribution in [0.15, 0.2) is 18.2 Å². The van der Waals surface area contributed by atoms with Gasteiger partial charge in [0.15, 0.2) is 11.6 Å². The summed E-state index contributed by atoms with van der Waals surface area (Å²) >= 11 is 0. The van der Waals surface area contributed by atoms with E-state index in [1.54, 1.807) is 24.1 Å². The fourth-order valence-electron chi connectivity index (χ4n) is 2.78. The second-order valence-corrected chi connectivity index (χ2v) is 5.79. The molecule has 1 aromatic rings. The number of halogens is 1. The standard InChI is InChI=1S/C16H23FN2O2/c1-11-5-4-6-14(11)18-16(20)19(2)10-12-7-8-15(21-3)13(17)9-12/h7-9,11,14H,4-6,10H2,1-3H3,(H,18,20). The Morgan fingerprint density at radius 2 is 2.24 bits per heavy atom. The monoisotopic (exact) mass is 294 g/mol. The normalized spacial score (nSPS) is 21.1.